The third-order valence-corrected chi connectivity index (χ3v) is 4.22. The van der Waals surface area contributed by atoms with Crippen LogP contribution in [0.4, 0.5) is 9.18 Å². The number of hydrogen-bond donors (Lipinski definition) is 0. The number of nitrogens with zero attached hydrogens (tertiary/aromatic N) is 1. The Morgan fingerprint density at radius 3 is 2.95 bits per heavy atom. The zero-order valence-electron chi connectivity index (χ0n) is 10.6. The van der Waals surface area contributed by atoms with Crippen LogP contribution in [0.5, 0.6) is 0 Å². The van der Waals surface area contributed by atoms with E-state index in [1.807, 2.05) is 0 Å². The van der Waals surface area contributed by atoms with E-state index in [-0.39, 0.29) is 18.3 Å². The van der Waals surface area contributed by atoms with Gasteiger partial charge in [-0.2, -0.15) is 0 Å². The van der Waals surface area contributed by atoms with Crippen LogP contribution in [0.15, 0.2) is 22.7 Å². The summed E-state index contributed by atoms with van der Waals surface area (Å²) in [5, 5.41) is -0.00301. The minimum atomic E-state index is -0.433. The van der Waals surface area contributed by atoms with Crippen molar-refractivity contribution >= 4 is 38.9 Å². The highest BCUT2D eigenvalue weighted by molar-refractivity contribution is 9.10. The number of amides is 1. The lowest BCUT2D eigenvalue weighted by molar-refractivity contribution is -0.145. The second kappa shape index (κ2) is 7.08. The van der Waals surface area contributed by atoms with Gasteiger partial charge in [0.15, 0.2) is 0 Å². The topological polar surface area (TPSA) is 46.6 Å². The van der Waals surface area contributed by atoms with Crippen LogP contribution >= 0.6 is 27.7 Å². The zero-order chi connectivity index (χ0) is 14.5. The molecule has 1 aromatic carbocycles. The van der Waals surface area contributed by atoms with Crippen LogP contribution in [0.1, 0.15) is 12.0 Å². The first-order valence-corrected chi connectivity index (χ1v) is 7.85. The second-order valence-electron chi connectivity index (χ2n) is 4.25. The van der Waals surface area contributed by atoms with Crippen LogP contribution < -0.4 is 0 Å². The number of halogens is 2. The predicted molar refractivity (Wildman–Crippen MR) is 77.9 cm³/mol. The zero-order valence-corrected chi connectivity index (χ0v) is 13.0. The molecule has 0 radical (unpaired) electrons. The molecule has 0 saturated carbocycles. The Kier molecular flexibility index (Phi) is 5.42. The highest BCUT2D eigenvalue weighted by Crippen LogP contribution is 2.18. The molecule has 0 unspecified atom stereocenters. The number of rotatable bonds is 5. The molecule has 7 heteroatoms. The fraction of sp³-hybridized carbons (Fsp3) is 0.385. The number of carbonyl (C=O) groups excluding carboxylic acids is 2. The van der Waals surface area contributed by atoms with Crippen molar-refractivity contribution in [2.24, 2.45) is 0 Å². The van der Waals surface area contributed by atoms with Crippen molar-refractivity contribution in [2.75, 3.05) is 18.8 Å². The minimum absolute atomic E-state index is 0.00301. The Labute approximate surface area is 128 Å². The highest BCUT2D eigenvalue weighted by atomic mass is 79.9. The lowest BCUT2D eigenvalue weighted by Gasteiger charge is -2.13. The first kappa shape index (κ1) is 15.3. The van der Waals surface area contributed by atoms with Crippen molar-refractivity contribution in [3.05, 3.63) is 34.1 Å². The monoisotopic (exact) mass is 361 g/mol. The predicted octanol–water partition coefficient (Wildman–Crippen LogP) is 3.19. The summed E-state index contributed by atoms with van der Waals surface area (Å²) in [6, 6.07) is 4.57. The van der Waals surface area contributed by atoms with Gasteiger partial charge in [0.2, 0.25) is 0 Å². The van der Waals surface area contributed by atoms with Crippen LogP contribution in [0.3, 0.4) is 0 Å². The van der Waals surface area contributed by atoms with Crippen molar-refractivity contribution in [1.82, 2.24) is 4.90 Å². The summed E-state index contributed by atoms with van der Waals surface area (Å²) in [4.78, 5) is 24.5. The maximum Gasteiger partial charge on any atom is 0.307 e. The van der Waals surface area contributed by atoms with Gasteiger partial charge in [-0.3, -0.25) is 9.59 Å². The molecule has 1 aliphatic heterocycles. The summed E-state index contributed by atoms with van der Waals surface area (Å²) < 4.78 is 19.1. The number of thioether (sulfide) groups is 1. The molecule has 0 spiro atoms. The molecule has 0 bridgehead atoms. The van der Waals surface area contributed by atoms with E-state index >= 15 is 0 Å². The van der Waals surface area contributed by atoms with Gasteiger partial charge >= 0.3 is 5.97 Å². The van der Waals surface area contributed by atoms with Crippen molar-refractivity contribution in [2.45, 2.75) is 13.0 Å². The third-order valence-electron chi connectivity index (χ3n) is 2.83. The van der Waals surface area contributed by atoms with Crippen LogP contribution in [0, 0.1) is 5.82 Å². The summed E-state index contributed by atoms with van der Waals surface area (Å²) in [7, 11) is 0. The summed E-state index contributed by atoms with van der Waals surface area (Å²) in [6.07, 6.45) is 0.129. The lowest BCUT2D eigenvalue weighted by atomic mass is 10.2. The van der Waals surface area contributed by atoms with Crippen LogP contribution in [0.25, 0.3) is 0 Å². The fourth-order valence-electron chi connectivity index (χ4n) is 1.72. The molecule has 2 rings (SSSR count). The van der Waals surface area contributed by atoms with Crippen LogP contribution in [0.2, 0.25) is 0 Å². The molecule has 1 heterocycles. The van der Waals surface area contributed by atoms with E-state index in [4.69, 9.17) is 4.74 Å². The molecule has 0 aliphatic carbocycles. The van der Waals surface area contributed by atoms with Crippen molar-refractivity contribution < 1.29 is 18.7 Å². The first-order chi connectivity index (χ1) is 9.56. The largest absolute Gasteiger partial charge is 0.461 e. The Bertz CT molecular complexity index is 526. The van der Waals surface area contributed by atoms with E-state index in [1.54, 1.807) is 17.0 Å². The molecule has 1 saturated heterocycles. The second-order valence-corrected chi connectivity index (χ2v) is 6.21. The van der Waals surface area contributed by atoms with E-state index in [9.17, 15) is 14.0 Å². The quantitative estimate of drug-likeness (QED) is 0.755. The van der Waals surface area contributed by atoms with Crippen molar-refractivity contribution in [3.63, 3.8) is 0 Å². The summed E-state index contributed by atoms with van der Waals surface area (Å²) >= 11 is 4.41. The van der Waals surface area contributed by atoms with E-state index in [1.165, 1.54) is 17.8 Å². The number of carbonyl (C=O) groups is 2. The number of hydrogen-bond acceptors (Lipinski definition) is 4. The van der Waals surface area contributed by atoms with Gasteiger partial charge in [-0.25, -0.2) is 4.39 Å². The number of esters is 1. The van der Waals surface area contributed by atoms with Gasteiger partial charge in [0.1, 0.15) is 12.4 Å². The standard InChI is InChI=1S/C13H13BrFNO3S/c14-10-2-1-9(11(15)7-10)8-19-12(17)3-4-16-5-6-20-13(16)18/h1-2,7H,3-6,8H2. The molecule has 0 atom stereocenters. The molecule has 108 valence electrons. The van der Waals surface area contributed by atoms with Gasteiger partial charge in [-0.15, -0.1) is 0 Å². The minimum Gasteiger partial charge on any atom is -0.461 e. The van der Waals surface area contributed by atoms with Crippen molar-refractivity contribution in [3.8, 4) is 0 Å². The highest BCUT2D eigenvalue weighted by Gasteiger charge is 2.21. The molecule has 0 N–H and O–H groups in total. The molecule has 1 aromatic rings. The van der Waals surface area contributed by atoms with Crippen LogP contribution in [-0.2, 0) is 16.1 Å². The number of ether oxygens (including phenoxy) is 1. The van der Waals surface area contributed by atoms with Gasteiger partial charge in [0, 0.05) is 28.9 Å². The SMILES string of the molecule is O=C(CCN1CCSC1=O)OCc1ccc(Br)cc1F. The van der Waals surface area contributed by atoms with Crippen molar-refractivity contribution in [1.29, 1.82) is 0 Å². The molecule has 1 amide bonds. The van der Waals surface area contributed by atoms with E-state index < -0.39 is 11.8 Å². The summed E-state index contributed by atoms with van der Waals surface area (Å²) in [5.41, 5.74) is 0.328. The molecule has 20 heavy (non-hydrogen) atoms. The van der Waals surface area contributed by atoms with Gasteiger partial charge < -0.3 is 9.64 Å². The Hall–Kier alpha value is -1.08. The molecule has 1 fully saturated rings. The molecule has 4 nitrogen and oxygen atoms in total. The van der Waals surface area contributed by atoms with E-state index in [0.717, 1.165) is 5.75 Å². The van der Waals surface area contributed by atoms with Gasteiger partial charge in [-0.1, -0.05) is 33.8 Å². The molecular weight excluding hydrogens is 349 g/mol. The fourth-order valence-corrected chi connectivity index (χ4v) is 2.91. The maximum absolute atomic E-state index is 13.5. The lowest BCUT2D eigenvalue weighted by Crippen LogP contribution is -2.26. The maximum atomic E-state index is 13.5. The van der Waals surface area contributed by atoms with Crippen LogP contribution in [-0.4, -0.2) is 35.0 Å². The molecule has 1 aliphatic rings. The summed E-state index contributed by atoms with van der Waals surface area (Å²) in [6.45, 7) is 0.923. The molecular formula is C13H13BrFNO3S. The van der Waals surface area contributed by atoms with E-state index in [2.05, 4.69) is 15.9 Å². The van der Waals surface area contributed by atoms with Gasteiger partial charge in [0.25, 0.3) is 5.24 Å². The number of benzene rings is 1. The van der Waals surface area contributed by atoms with E-state index in [0.29, 0.717) is 23.1 Å². The average Bonchev–Trinajstić information content (AvgIpc) is 2.81. The Morgan fingerprint density at radius 1 is 1.50 bits per heavy atom. The normalized spacial score (nSPS) is 14.7. The first-order valence-electron chi connectivity index (χ1n) is 6.07. The summed E-state index contributed by atoms with van der Waals surface area (Å²) in [5.74, 6) is -0.0897. The average molecular weight is 362 g/mol. The third kappa shape index (κ3) is 4.21. The Morgan fingerprint density at radius 2 is 2.30 bits per heavy atom. The smallest absolute Gasteiger partial charge is 0.307 e. The van der Waals surface area contributed by atoms with Gasteiger partial charge in [-0.05, 0) is 12.1 Å². The Balaban J connectivity index is 1.76. The molecule has 0 aromatic heterocycles. The van der Waals surface area contributed by atoms with Gasteiger partial charge in [0.05, 0.1) is 6.42 Å².